The molecule has 0 spiro atoms. The van der Waals surface area contributed by atoms with Crippen molar-refractivity contribution < 1.29 is 23.3 Å². The van der Waals surface area contributed by atoms with Gasteiger partial charge in [0, 0.05) is 6.42 Å². The third kappa shape index (κ3) is 7.01. The lowest BCUT2D eigenvalue weighted by Gasteiger charge is -2.38. The molecule has 0 aliphatic carbocycles. The molecule has 1 atom stereocenters. The Morgan fingerprint density at radius 3 is 2.11 bits per heavy atom. The largest absolute Gasteiger partial charge is 0.486 e. The Balaban J connectivity index is 2.79. The molecule has 0 radical (unpaired) electrons. The first-order valence-corrected chi connectivity index (χ1v) is 13.3. The van der Waals surface area contributed by atoms with E-state index in [2.05, 4.69) is 67.6 Å². The number of carbonyl (C=O) groups excluding carboxylic acids is 1. The number of esters is 1. The molecule has 0 aromatic carbocycles. The second-order valence-electron chi connectivity index (χ2n) is 10.2. The van der Waals surface area contributed by atoms with Gasteiger partial charge in [0.15, 0.2) is 8.32 Å². The Labute approximate surface area is 173 Å². The first-order chi connectivity index (χ1) is 12.6. The molecule has 0 amide bonds. The van der Waals surface area contributed by atoms with Crippen LogP contribution in [0.15, 0.2) is 12.1 Å². The topological polar surface area (TPSA) is 54.0 Å². The molecule has 0 bridgehead atoms. The molecular weight excluding hydrogens is 371 g/mol. The Morgan fingerprint density at radius 1 is 1.11 bits per heavy atom. The molecule has 1 aliphatic rings. The van der Waals surface area contributed by atoms with Crippen molar-refractivity contribution in [1.82, 2.24) is 0 Å². The van der Waals surface area contributed by atoms with E-state index in [1.54, 1.807) is 0 Å². The minimum absolute atomic E-state index is 0.0161. The van der Waals surface area contributed by atoms with E-state index in [0.29, 0.717) is 6.42 Å². The van der Waals surface area contributed by atoms with E-state index < -0.39 is 8.32 Å². The summed E-state index contributed by atoms with van der Waals surface area (Å²) in [6.07, 6.45) is 5.08. The highest BCUT2D eigenvalue weighted by molar-refractivity contribution is 6.74. The molecule has 1 heterocycles. The molecule has 162 valence electrons. The van der Waals surface area contributed by atoms with E-state index >= 15 is 0 Å². The molecule has 5 nitrogen and oxygen atoms in total. The first kappa shape index (κ1) is 25.4. The van der Waals surface area contributed by atoms with Crippen LogP contribution in [0.25, 0.3) is 0 Å². The molecule has 0 unspecified atom stereocenters. The Bertz CT molecular complexity index is 535. The van der Waals surface area contributed by atoms with Gasteiger partial charge in [0.05, 0.1) is 24.4 Å². The minimum atomic E-state index is -1.91. The van der Waals surface area contributed by atoms with Crippen LogP contribution in [-0.2, 0) is 23.3 Å². The van der Waals surface area contributed by atoms with E-state index in [-0.39, 0.29) is 35.4 Å². The quantitative estimate of drug-likeness (QED) is 0.292. The summed E-state index contributed by atoms with van der Waals surface area (Å²) in [7, 11) is -0.855. The summed E-state index contributed by atoms with van der Waals surface area (Å²) in [6.45, 7) is 19.5. The summed E-state index contributed by atoms with van der Waals surface area (Å²) in [5, 5.41) is 0.134. The molecule has 0 aromatic heterocycles. The SMILES string of the molecule is COC(=O)CCCC[C@@H](/C=C/B1OC(C)(C)C(C)(C)O1)O[Si](C)(C)C(C)(C)C. The van der Waals surface area contributed by atoms with Gasteiger partial charge >= 0.3 is 13.1 Å². The van der Waals surface area contributed by atoms with E-state index in [1.165, 1.54) is 7.11 Å². The lowest BCUT2D eigenvalue weighted by Crippen LogP contribution is -2.43. The smallest absolute Gasteiger partial charge is 0.469 e. The van der Waals surface area contributed by atoms with Crippen molar-refractivity contribution in [2.45, 2.75) is 110 Å². The van der Waals surface area contributed by atoms with Gasteiger partial charge in [0.25, 0.3) is 0 Å². The van der Waals surface area contributed by atoms with Crippen molar-refractivity contribution >= 4 is 21.4 Å². The molecule has 1 rings (SSSR count). The lowest BCUT2D eigenvalue weighted by atomic mass is 9.89. The fourth-order valence-corrected chi connectivity index (χ4v) is 3.96. The van der Waals surface area contributed by atoms with Crippen molar-refractivity contribution in [2.24, 2.45) is 0 Å². The van der Waals surface area contributed by atoms with E-state index in [4.69, 9.17) is 18.5 Å². The summed E-state index contributed by atoms with van der Waals surface area (Å²) >= 11 is 0. The van der Waals surface area contributed by atoms with Crippen molar-refractivity contribution in [1.29, 1.82) is 0 Å². The predicted octanol–water partition coefficient (Wildman–Crippen LogP) is 5.30. The maximum atomic E-state index is 11.3. The lowest BCUT2D eigenvalue weighted by molar-refractivity contribution is -0.140. The van der Waals surface area contributed by atoms with Gasteiger partial charge in [0.2, 0.25) is 0 Å². The Kier molecular flexibility index (Phi) is 8.58. The normalized spacial score (nSPS) is 20.6. The zero-order valence-corrected chi connectivity index (χ0v) is 20.7. The summed E-state index contributed by atoms with van der Waals surface area (Å²) in [5.41, 5.74) is -0.698. The van der Waals surface area contributed by atoms with Crippen LogP contribution in [0.3, 0.4) is 0 Å². The molecule has 0 aromatic rings. The van der Waals surface area contributed by atoms with Gasteiger partial charge < -0.3 is 18.5 Å². The molecular formula is C21H41BO5Si. The van der Waals surface area contributed by atoms with Gasteiger partial charge in [-0.15, -0.1) is 0 Å². The van der Waals surface area contributed by atoms with E-state index in [0.717, 1.165) is 19.3 Å². The fourth-order valence-electron chi connectivity index (χ4n) is 2.65. The van der Waals surface area contributed by atoms with Crippen molar-refractivity contribution in [3.8, 4) is 0 Å². The van der Waals surface area contributed by atoms with Gasteiger partial charge in [-0.25, -0.2) is 0 Å². The molecule has 1 saturated heterocycles. The van der Waals surface area contributed by atoms with Crippen LogP contribution in [0, 0.1) is 0 Å². The maximum absolute atomic E-state index is 11.3. The number of rotatable bonds is 9. The van der Waals surface area contributed by atoms with E-state index in [9.17, 15) is 4.79 Å². The average molecular weight is 412 g/mol. The number of methoxy groups -OCH3 is 1. The molecule has 0 saturated carbocycles. The number of hydrogen-bond donors (Lipinski definition) is 0. The van der Waals surface area contributed by atoms with Crippen LogP contribution in [0.2, 0.25) is 18.1 Å². The predicted molar refractivity (Wildman–Crippen MR) is 118 cm³/mol. The Morgan fingerprint density at radius 2 is 1.64 bits per heavy atom. The van der Waals surface area contributed by atoms with Crippen LogP contribution >= 0.6 is 0 Å². The number of unbranched alkanes of at least 4 members (excludes halogenated alkanes) is 1. The van der Waals surface area contributed by atoms with Gasteiger partial charge in [0.1, 0.15) is 0 Å². The molecule has 7 heteroatoms. The summed E-state index contributed by atoms with van der Waals surface area (Å²) in [4.78, 5) is 11.3. The summed E-state index contributed by atoms with van der Waals surface area (Å²) in [6, 6.07) is 0. The first-order valence-electron chi connectivity index (χ1n) is 10.4. The van der Waals surface area contributed by atoms with E-state index in [1.807, 2.05) is 5.98 Å². The van der Waals surface area contributed by atoms with Crippen LogP contribution in [0.5, 0.6) is 0 Å². The highest BCUT2D eigenvalue weighted by Gasteiger charge is 2.50. The Hall–Kier alpha value is -0.628. The second kappa shape index (κ2) is 9.46. The van der Waals surface area contributed by atoms with Gasteiger partial charge in [-0.3, -0.25) is 4.79 Å². The number of carbonyl (C=O) groups is 1. The zero-order valence-electron chi connectivity index (χ0n) is 19.7. The maximum Gasteiger partial charge on any atom is 0.486 e. The van der Waals surface area contributed by atoms with Crippen LogP contribution in [0.1, 0.15) is 74.1 Å². The highest BCUT2D eigenvalue weighted by Crippen LogP contribution is 2.39. The van der Waals surface area contributed by atoms with Crippen molar-refractivity contribution in [2.75, 3.05) is 7.11 Å². The average Bonchev–Trinajstić information content (AvgIpc) is 2.74. The summed E-state index contributed by atoms with van der Waals surface area (Å²) < 4.78 is 23.5. The third-order valence-corrected chi connectivity index (χ3v) is 10.9. The second-order valence-corrected chi connectivity index (χ2v) is 15.0. The van der Waals surface area contributed by atoms with Gasteiger partial charge in [-0.05, 0) is 58.7 Å². The van der Waals surface area contributed by atoms with Gasteiger partial charge in [-0.1, -0.05) is 39.2 Å². The van der Waals surface area contributed by atoms with Crippen LogP contribution in [-0.4, -0.2) is 45.8 Å². The fraction of sp³-hybridized carbons (Fsp3) is 0.857. The summed E-state index contributed by atoms with van der Waals surface area (Å²) in [5.74, 6) is 1.82. The standard InChI is InChI=1S/C21H41BO5Si/c1-19(2,3)28(9,10)25-17(13-11-12-14-18(23)24-8)15-16-22-26-20(4,5)21(6,7)27-22/h15-17H,11-14H2,1-10H3/b16-15+/t17-/m0/s1. The minimum Gasteiger partial charge on any atom is -0.469 e. The zero-order chi connectivity index (χ0) is 21.8. The molecule has 28 heavy (non-hydrogen) atoms. The number of hydrogen-bond acceptors (Lipinski definition) is 5. The molecule has 0 N–H and O–H groups in total. The molecule has 1 fully saturated rings. The van der Waals surface area contributed by atoms with Gasteiger partial charge in [-0.2, -0.15) is 0 Å². The van der Waals surface area contributed by atoms with Crippen LogP contribution < -0.4 is 0 Å². The van der Waals surface area contributed by atoms with Crippen molar-refractivity contribution in [3.05, 3.63) is 12.1 Å². The third-order valence-electron chi connectivity index (χ3n) is 6.35. The van der Waals surface area contributed by atoms with Crippen molar-refractivity contribution in [3.63, 3.8) is 0 Å². The highest BCUT2D eigenvalue weighted by atomic mass is 28.4. The molecule has 1 aliphatic heterocycles. The monoisotopic (exact) mass is 412 g/mol. The number of ether oxygens (including phenoxy) is 1. The van der Waals surface area contributed by atoms with Crippen LogP contribution in [0.4, 0.5) is 0 Å².